The first-order valence-electron chi connectivity index (χ1n) is 13.5. The van der Waals surface area contributed by atoms with Crippen LogP contribution in [0.4, 0.5) is 10.4 Å². The maximum atomic E-state index is 14.7. The van der Waals surface area contributed by atoms with Crippen molar-refractivity contribution in [3.63, 3.8) is 0 Å². The number of hydrogen-bond acceptors (Lipinski definition) is 6. The molecule has 5 rings (SSSR count). The number of amides is 1. The van der Waals surface area contributed by atoms with E-state index in [1.54, 1.807) is 35.9 Å². The molecule has 0 aliphatic carbocycles. The van der Waals surface area contributed by atoms with Gasteiger partial charge in [-0.15, -0.1) is 0 Å². The second-order valence-electron chi connectivity index (χ2n) is 10.5. The number of rotatable bonds is 11. The molecule has 0 spiro atoms. The van der Waals surface area contributed by atoms with Crippen molar-refractivity contribution in [3.8, 4) is 5.75 Å². The van der Waals surface area contributed by atoms with Crippen molar-refractivity contribution >= 4 is 31.7 Å². The number of anilines is 1. The molecule has 210 valence electrons. The minimum absolute atomic E-state index is 0.00882. The van der Waals surface area contributed by atoms with Gasteiger partial charge in [0.2, 0.25) is 0 Å². The molecule has 1 unspecified atom stereocenters. The zero-order chi connectivity index (χ0) is 27.4. The number of hydrogen-bond donors (Lipinski definition) is 1. The SMILES string of the molecule is CC(C)c1noc(N2CCC(=CI3CC3CCOc3ccc(CC(=O)N(C)Cc4ccn[nH]4)c(F)c3)CC2)[nH+]1. The minimum atomic E-state index is -1.02. The molecule has 3 aromatic rings. The van der Waals surface area contributed by atoms with Crippen molar-refractivity contribution in [3.05, 3.63) is 63.0 Å². The van der Waals surface area contributed by atoms with E-state index in [9.17, 15) is 9.18 Å². The van der Waals surface area contributed by atoms with Crippen molar-refractivity contribution in [1.82, 2.24) is 20.3 Å². The van der Waals surface area contributed by atoms with Crippen LogP contribution in [0.1, 0.15) is 56.1 Å². The summed E-state index contributed by atoms with van der Waals surface area (Å²) in [5.74, 6) is 1.17. The molecule has 0 radical (unpaired) electrons. The Balaban J connectivity index is 1.01. The third-order valence-corrected chi connectivity index (χ3v) is 13.1. The molecule has 4 heterocycles. The molecule has 1 atom stereocenters. The molecule has 2 aliphatic heterocycles. The quantitative estimate of drug-likeness (QED) is 0.242. The molecular weight excluding hydrogens is 614 g/mol. The Kier molecular flexibility index (Phi) is 8.83. The number of carbonyl (C=O) groups is 1. The number of H-pyrrole nitrogens is 2. The molecule has 2 aliphatic rings. The van der Waals surface area contributed by atoms with E-state index in [4.69, 9.17) is 9.26 Å². The standard InChI is InChI=1S/C28H36FIN6O3/c1-19(2)27-32-28(39-34-27)36-11-7-20(8-12-36)16-30-17-22(30)9-13-38-24-5-4-21(25(29)15-24)14-26(37)35(3)18-23-6-10-31-33-23/h4-6,10,15-16,19,22H,7-9,11-14,17-18H2,1-3H3,(H,31,33)/p+1. The van der Waals surface area contributed by atoms with Gasteiger partial charge in [0, 0.05) is 6.20 Å². The van der Waals surface area contributed by atoms with Crippen LogP contribution in [-0.4, -0.2) is 61.3 Å². The number of carbonyl (C=O) groups excluding carboxylic acids is 1. The van der Waals surface area contributed by atoms with Crippen molar-refractivity contribution in [2.24, 2.45) is 0 Å². The van der Waals surface area contributed by atoms with E-state index >= 15 is 0 Å². The van der Waals surface area contributed by atoms with Gasteiger partial charge >= 0.3 is 208 Å². The summed E-state index contributed by atoms with van der Waals surface area (Å²) >= 11 is -1.02. The van der Waals surface area contributed by atoms with Crippen LogP contribution in [0.3, 0.4) is 0 Å². The van der Waals surface area contributed by atoms with Crippen molar-refractivity contribution < 1.29 is 23.4 Å². The first kappa shape index (κ1) is 27.6. The summed E-state index contributed by atoms with van der Waals surface area (Å²) in [6.45, 7) is 7.12. The maximum absolute atomic E-state index is 14.7. The third-order valence-electron chi connectivity index (χ3n) is 7.10. The molecule has 39 heavy (non-hydrogen) atoms. The fourth-order valence-electron chi connectivity index (χ4n) is 4.53. The van der Waals surface area contributed by atoms with E-state index in [0.717, 1.165) is 53.8 Å². The van der Waals surface area contributed by atoms with Gasteiger partial charge in [-0.1, -0.05) is 0 Å². The van der Waals surface area contributed by atoms with Gasteiger partial charge in [-0.3, -0.25) is 5.10 Å². The Morgan fingerprint density at radius 3 is 2.87 bits per heavy atom. The van der Waals surface area contributed by atoms with Crippen LogP contribution in [0.2, 0.25) is 0 Å². The topological polar surface area (TPSA) is 102 Å². The molecule has 11 heteroatoms. The van der Waals surface area contributed by atoms with E-state index in [2.05, 4.69) is 43.2 Å². The molecule has 2 aromatic heterocycles. The monoisotopic (exact) mass is 651 g/mol. The number of alkyl halides is 2. The number of benzene rings is 1. The third kappa shape index (κ3) is 7.37. The zero-order valence-corrected chi connectivity index (χ0v) is 24.9. The van der Waals surface area contributed by atoms with E-state index in [1.165, 1.54) is 10.5 Å². The van der Waals surface area contributed by atoms with Crippen molar-refractivity contribution in [1.29, 1.82) is 0 Å². The Morgan fingerprint density at radius 2 is 2.18 bits per heavy atom. The Bertz CT molecular complexity index is 1280. The number of aromatic amines is 2. The van der Waals surface area contributed by atoms with Crippen LogP contribution >= 0.6 is 19.8 Å². The van der Waals surface area contributed by atoms with Crippen molar-refractivity contribution in [2.75, 3.05) is 36.1 Å². The number of likely N-dealkylation sites (N-methyl/N-ethyl adjacent to an activating group) is 1. The Hall–Kier alpha value is -2.96. The average molecular weight is 652 g/mol. The fourth-order valence-corrected chi connectivity index (χ4v) is 10.7. The number of nitrogens with one attached hydrogen (secondary N) is 2. The molecule has 2 fully saturated rings. The number of ether oxygens (including phenoxy) is 1. The van der Waals surface area contributed by atoms with Crippen molar-refractivity contribution in [2.45, 2.75) is 55.9 Å². The van der Waals surface area contributed by atoms with Gasteiger partial charge in [-0.2, -0.15) is 5.10 Å². The molecule has 2 saturated heterocycles. The molecule has 9 nitrogen and oxygen atoms in total. The number of halogens is 2. The van der Waals surface area contributed by atoms with E-state index in [-0.39, 0.29) is 12.3 Å². The van der Waals surface area contributed by atoms with Gasteiger partial charge in [-0.05, 0) is 6.07 Å². The summed E-state index contributed by atoms with van der Waals surface area (Å²) in [7, 11) is 1.70. The van der Waals surface area contributed by atoms with E-state index in [0.29, 0.717) is 30.4 Å². The summed E-state index contributed by atoms with van der Waals surface area (Å²) in [6, 6.07) is 7.39. The molecule has 1 amide bonds. The molecule has 2 N–H and O–H groups in total. The van der Waals surface area contributed by atoms with Gasteiger partial charge in [-0.25, -0.2) is 0 Å². The number of aromatic nitrogens is 4. The number of nitrogens with zero attached hydrogens (tertiary/aromatic N) is 4. The first-order valence-corrected chi connectivity index (χ1v) is 17.5. The van der Waals surface area contributed by atoms with Crippen LogP contribution in [0.15, 0.2) is 44.6 Å². The predicted molar refractivity (Wildman–Crippen MR) is 155 cm³/mol. The van der Waals surface area contributed by atoms with Crippen LogP contribution in [0.25, 0.3) is 0 Å². The predicted octanol–water partition coefficient (Wildman–Crippen LogP) is 4.52. The summed E-state index contributed by atoms with van der Waals surface area (Å²) < 4.78 is 30.8. The molecule has 1 aromatic carbocycles. The van der Waals surface area contributed by atoms with Crippen LogP contribution < -0.4 is 14.6 Å². The van der Waals surface area contributed by atoms with Gasteiger partial charge in [0.15, 0.2) is 0 Å². The fraction of sp³-hybridized carbons (Fsp3) is 0.500. The second-order valence-corrected chi connectivity index (χ2v) is 16.2. The first-order chi connectivity index (χ1) is 18.9. The van der Waals surface area contributed by atoms with Crippen LogP contribution in [0.5, 0.6) is 5.75 Å². The van der Waals surface area contributed by atoms with Gasteiger partial charge in [0.05, 0.1) is 5.69 Å². The van der Waals surface area contributed by atoms with Gasteiger partial charge in [0.1, 0.15) is 0 Å². The Labute approximate surface area is 235 Å². The van der Waals surface area contributed by atoms with Gasteiger partial charge in [0.25, 0.3) is 0 Å². The summed E-state index contributed by atoms with van der Waals surface area (Å²) in [5.41, 5.74) is 2.80. The summed E-state index contributed by atoms with van der Waals surface area (Å²) in [4.78, 5) is 19.6. The summed E-state index contributed by atoms with van der Waals surface area (Å²) in [6.07, 6.45) is 4.83. The van der Waals surface area contributed by atoms with Crippen LogP contribution in [-0.2, 0) is 17.8 Å². The number of piperidine rings is 1. The molecule has 0 saturated carbocycles. The average Bonchev–Trinajstić information content (AvgIpc) is 3.27. The van der Waals surface area contributed by atoms with E-state index in [1.807, 2.05) is 6.07 Å². The zero-order valence-electron chi connectivity index (χ0n) is 22.8. The van der Waals surface area contributed by atoms with Crippen LogP contribution in [0, 0.1) is 5.82 Å². The normalized spacial score (nSPS) is 18.0. The van der Waals surface area contributed by atoms with E-state index < -0.39 is 25.6 Å². The Morgan fingerprint density at radius 1 is 1.36 bits per heavy atom. The second kappa shape index (κ2) is 12.5. The van der Waals surface area contributed by atoms with Gasteiger partial charge < -0.3 is 0 Å². The molecular formula is C28H37FIN6O3+. The summed E-state index contributed by atoms with van der Waals surface area (Å²) in [5, 5.41) is 10.8. The molecule has 0 bridgehead atoms.